The topological polar surface area (TPSA) is 32.3 Å². The summed E-state index contributed by atoms with van der Waals surface area (Å²) in [7, 11) is 0. The highest BCUT2D eigenvalue weighted by atomic mass is 35.5. The van der Waals surface area contributed by atoms with E-state index in [1.54, 1.807) is 18.2 Å². The molecule has 0 aromatic heterocycles. The Kier molecular flexibility index (Phi) is 5.34. The average molecular weight is 301 g/mol. The molecule has 1 saturated heterocycles. The molecular weight excluding hydrogens is 283 g/mol. The number of benzene rings is 1. The molecule has 104 valence electrons. The minimum absolute atomic E-state index is 0.204. The van der Waals surface area contributed by atoms with Gasteiger partial charge >= 0.3 is 0 Å². The fourth-order valence-electron chi connectivity index (χ4n) is 2.26. The summed E-state index contributed by atoms with van der Waals surface area (Å²) in [5, 5.41) is 4.30. The minimum Gasteiger partial charge on any atom is -0.382 e. The van der Waals surface area contributed by atoms with Gasteiger partial charge < -0.3 is 10.2 Å². The summed E-state index contributed by atoms with van der Waals surface area (Å²) >= 11 is 12.1. The Labute approximate surface area is 123 Å². The van der Waals surface area contributed by atoms with Crippen LogP contribution in [0.3, 0.4) is 0 Å². The van der Waals surface area contributed by atoms with Crippen molar-refractivity contribution in [3.8, 4) is 0 Å². The first-order valence-corrected chi connectivity index (χ1v) is 7.40. The van der Waals surface area contributed by atoms with Crippen molar-refractivity contribution in [2.24, 2.45) is 0 Å². The van der Waals surface area contributed by atoms with Gasteiger partial charge in [0.15, 0.2) is 0 Å². The molecule has 0 saturated carbocycles. The number of rotatable bonds is 4. The van der Waals surface area contributed by atoms with E-state index in [2.05, 4.69) is 5.32 Å². The second-order valence-electron chi connectivity index (χ2n) is 4.71. The molecule has 1 N–H and O–H groups in total. The molecule has 1 fully saturated rings. The maximum atomic E-state index is 12.0. The molecule has 3 nitrogen and oxygen atoms in total. The monoisotopic (exact) mass is 300 g/mol. The lowest BCUT2D eigenvalue weighted by Crippen LogP contribution is -2.36. The van der Waals surface area contributed by atoms with Crippen LogP contribution in [0.5, 0.6) is 0 Å². The predicted octanol–water partition coefficient (Wildman–Crippen LogP) is 3.81. The van der Waals surface area contributed by atoms with Crippen molar-refractivity contribution >= 4 is 34.8 Å². The summed E-state index contributed by atoms with van der Waals surface area (Å²) in [5.41, 5.74) is 0.706. The quantitative estimate of drug-likeness (QED) is 0.917. The Morgan fingerprint density at radius 2 is 1.79 bits per heavy atom. The SMILES string of the molecule is O=C(CCNc1c(Cl)cccc1Cl)N1CCCCC1. The summed E-state index contributed by atoms with van der Waals surface area (Å²) in [4.78, 5) is 13.9. The molecule has 0 atom stereocenters. The van der Waals surface area contributed by atoms with E-state index in [9.17, 15) is 4.79 Å². The molecule has 1 heterocycles. The highest BCUT2D eigenvalue weighted by Gasteiger charge is 2.16. The second-order valence-corrected chi connectivity index (χ2v) is 5.53. The normalized spacial score (nSPS) is 15.4. The number of piperidine rings is 1. The lowest BCUT2D eigenvalue weighted by molar-refractivity contribution is -0.131. The number of likely N-dealkylation sites (tertiary alicyclic amines) is 1. The smallest absolute Gasteiger partial charge is 0.224 e. The maximum absolute atomic E-state index is 12.0. The molecule has 1 aromatic rings. The molecule has 1 aromatic carbocycles. The van der Waals surface area contributed by atoms with Gasteiger partial charge in [0, 0.05) is 26.1 Å². The Bertz CT molecular complexity index is 425. The van der Waals surface area contributed by atoms with Gasteiger partial charge in [-0.2, -0.15) is 0 Å². The molecule has 1 aliphatic rings. The van der Waals surface area contributed by atoms with E-state index >= 15 is 0 Å². The Morgan fingerprint density at radius 3 is 2.42 bits per heavy atom. The van der Waals surface area contributed by atoms with Crippen molar-refractivity contribution < 1.29 is 4.79 Å². The summed E-state index contributed by atoms with van der Waals surface area (Å²) < 4.78 is 0. The van der Waals surface area contributed by atoms with Crippen LogP contribution in [0.15, 0.2) is 18.2 Å². The zero-order valence-corrected chi connectivity index (χ0v) is 12.3. The van der Waals surface area contributed by atoms with E-state index in [1.807, 2.05) is 4.90 Å². The Morgan fingerprint density at radius 1 is 1.16 bits per heavy atom. The molecule has 19 heavy (non-hydrogen) atoms. The highest BCUT2D eigenvalue weighted by Crippen LogP contribution is 2.29. The van der Waals surface area contributed by atoms with E-state index in [-0.39, 0.29) is 5.91 Å². The van der Waals surface area contributed by atoms with Crippen LogP contribution in [0.1, 0.15) is 25.7 Å². The van der Waals surface area contributed by atoms with Gasteiger partial charge in [0.1, 0.15) is 0 Å². The first-order chi connectivity index (χ1) is 9.18. The maximum Gasteiger partial charge on any atom is 0.224 e. The van der Waals surface area contributed by atoms with Gasteiger partial charge in [0.25, 0.3) is 0 Å². The number of amides is 1. The number of halogens is 2. The van der Waals surface area contributed by atoms with E-state index in [4.69, 9.17) is 23.2 Å². The number of para-hydroxylation sites is 1. The van der Waals surface area contributed by atoms with Crippen LogP contribution in [0, 0.1) is 0 Å². The number of hydrogen-bond donors (Lipinski definition) is 1. The molecule has 0 spiro atoms. The molecule has 2 rings (SSSR count). The van der Waals surface area contributed by atoms with Crippen LogP contribution in [0.4, 0.5) is 5.69 Å². The number of nitrogens with zero attached hydrogens (tertiary/aromatic N) is 1. The molecule has 0 unspecified atom stereocenters. The second kappa shape index (κ2) is 7.01. The van der Waals surface area contributed by atoms with Gasteiger partial charge in [-0.25, -0.2) is 0 Å². The highest BCUT2D eigenvalue weighted by molar-refractivity contribution is 6.39. The van der Waals surface area contributed by atoms with E-state index < -0.39 is 0 Å². The first-order valence-electron chi connectivity index (χ1n) is 6.64. The van der Waals surface area contributed by atoms with Gasteiger partial charge in [-0.1, -0.05) is 29.3 Å². The van der Waals surface area contributed by atoms with Crippen LogP contribution >= 0.6 is 23.2 Å². The lowest BCUT2D eigenvalue weighted by atomic mass is 10.1. The zero-order chi connectivity index (χ0) is 13.7. The third kappa shape index (κ3) is 4.02. The number of nitrogens with one attached hydrogen (secondary N) is 1. The number of anilines is 1. The summed E-state index contributed by atoms with van der Waals surface area (Å²) in [6, 6.07) is 5.36. The first kappa shape index (κ1) is 14.5. The fourth-order valence-corrected chi connectivity index (χ4v) is 2.79. The fraction of sp³-hybridized carbons (Fsp3) is 0.500. The van der Waals surface area contributed by atoms with E-state index in [0.29, 0.717) is 28.7 Å². The van der Waals surface area contributed by atoms with Crippen molar-refractivity contribution in [1.29, 1.82) is 0 Å². The van der Waals surface area contributed by atoms with Gasteiger partial charge in [-0.3, -0.25) is 4.79 Å². The van der Waals surface area contributed by atoms with Crippen LogP contribution < -0.4 is 5.32 Å². The van der Waals surface area contributed by atoms with Crippen molar-refractivity contribution in [3.05, 3.63) is 28.2 Å². The van der Waals surface area contributed by atoms with Crippen molar-refractivity contribution in [2.75, 3.05) is 25.0 Å². The third-order valence-electron chi connectivity index (χ3n) is 3.31. The third-order valence-corrected chi connectivity index (χ3v) is 3.94. The van der Waals surface area contributed by atoms with Crippen molar-refractivity contribution in [3.63, 3.8) is 0 Å². The van der Waals surface area contributed by atoms with Gasteiger partial charge in [0.2, 0.25) is 5.91 Å². The van der Waals surface area contributed by atoms with Crippen LogP contribution in [-0.2, 0) is 4.79 Å². The van der Waals surface area contributed by atoms with E-state index in [0.717, 1.165) is 25.9 Å². The van der Waals surface area contributed by atoms with Crippen LogP contribution in [-0.4, -0.2) is 30.4 Å². The summed E-state index contributed by atoms with van der Waals surface area (Å²) in [6.07, 6.45) is 3.95. The number of carbonyl (C=O) groups is 1. The van der Waals surface area contributed by atoms with Crippen LogP contribution in [0.25, 0.3) is 0 Å². The van der Waals surface area contributed by atoms with Crippen molar-refractivity contribution in [1.82, 2.24) is 4.90 Å². The number of hydrogen-bond acceptors (Lipinski definition) is 2. The average Bonchev–Trinajstić information content (AvgIpc) is 2.43. The van der Waals surface area contributed by atoms with Gasteiger partial charge in [-0.15, -0.1) is 0 Å². The molecule has 0 aliphatic carbocycles. The summed E-state index contributed by atoms with van der Waals surface area (Å²) in [6.45, 7) is 2.34. The predicted molar refractivity (Wildman–Crippen MR) is 80.0 cm³/mol. The number of carbonyl (C=O) groups excluding carboxylic acids is 1. The molecule has 0 bridgehead atoms. The van der Waals surface area contributed by atoms with Crippen molar-refractivity contribution in [2.45, 2.75) is 25.7 Å². The molecule has 1 aliphatic heterocycles. The Hall–Kier alpha value is -0.930. The standard InChI is InChI=1S/C14H18Cl2N2O/c15-11-5-4-6-12(16)14(11)17-8-7-13(19)18-9-2-1-3-10-18/h4-6,17H,1-3,7-10H2. The molecule has 5 heteroatoms. The molecular formula is C14H18Cl2N2O. The Balaban J connectivity index is 1.81. The lowest BCUT2D eigenvalue weighted by Gasteiger charge is -2.26. The largest absolute Gasteiger partial charge is 0.382 e. The van der Waals surface area contributed by atoms with Crippen LogP contribution in [0.2, 0.25) is 10.0 Å². The molecule has 0 radical (unpaired) electrons. The van der Waals surface area contributed by atoms with Gasteiger partial charge in [0.05, 0.1) is 15.7 Å². The molecule has 1 amide bonds. The zero-order valence-electron chi connectivity index (χ0n) is 10.8. The van der Waals surface area contributed by atoms with E-state index in [1.165, 1.54) is 6.42 Å². The summed E-state index contributed by atoms with van der Waals surface area (Å²) in [5.74, 6) is 0.204. The minimum atomic E-state index is 0.204. The van der Waals surface area contributed by atoms with Gasteiger partial charge in [-0.05, 0) is 31.4 Å².